The first kappa shape index (κ1) is 12.2. The van der Waals surface area contributed by atoms with Crippen LogP contribution in [0, 0.1) is 5.92 Å². The molecule has 1 aliphatic rings. The molecule has 1 unspecified atom stereocenters. The van der Waals surface area contributed by atoms with E-state index in [1.165, 1.54) is 0 Å². The molecule has 1 heterocycles. The molecular formula is C15H18N2O2. The number of hydrogen-bond donors (Lipinski definition) is 2. The fourth-order valence-electron chi connectivity index (χ4n) is 2.31. The molecule has 1 aromatic heterocycles. The van der Waals surface area contributed by atoms with E-state index in [1.54, 1.807) is 0 Å². The van der Waals surface area contributed by atoms with Crippen molar-refractivity contribution in [2.45, 2.75) is 18.9 Å². The van der Waals surface area contributed by atoms with Gasteiger partial charge in [-0.2, -0.15) is 0 Å². The first-order valence-electron chi connectivity index (χ1n) is 6.66. The Balaban J connectivity index is 1.69. The van der Waals surface area contributed by atoms with Gasteiger partial charge in [-0.25, -0.2) is 0 Å². The Hall–Kier alpha value is -1.81. The number of aliphatic hydroxyl groups excluding tert-OH is 1. The molecule has 4 nitrogen and oxygen atoms in total. The van der Waals surface area contributed by atoms with Crippen molar-refractivity contribution in [1.29, 1.82) is 0 Å². The summed E-state index contributed by atoms with van der Waals surface area (Å²) in [5.74, 6) is 0.253. The molecular weight excluding hydrogens is 240 g/mol. The van der Waals surface area contributed by atoms with E-state index >= 15 is 0 Å². The molecule has 1 saturated carbocycles. The third kappa shape index (κ3) is 2.49. The number of aliphatic hydroxyl groups is 1. The van der Waals surface area contributed by atoms with E-state index in [0.29, 0.717) is 0 Å². The Morgan fingerprint density at radius 1 is 1.47 bits per heavy atom. The molecule has 0 spiro atoms. The van der Waals surface area contributed by atoms with E-state index in [2.05, 4.69) is 5.32 Å². The van der Waals surface area contributed by atoms with Gasteiger partial charge in [0.15, 0.2) is 0 Å². The van der Waals surface area contributed by atoms with Crippen molar-refractivity contribution in [3.63, 3.8) is 0 Å². The van der Waals surface area contributed by atoms with E-state index in [0.717, 1.165) is 29.3 Å². The summed E-state index contributed by atoms with van der Waals surface area (Å²) in [4.78, 5) is 11.5. The van der Waals surface area contributed by atoms with Gasteiger partial charge in [-0.1, -0.05) is 6.07 Å². The van der Waals surface area contributed by atoms with Crippen LogP contribution in [0.15, 0.2) is 30.5 Å². The molecule has 0 bridgehead atoms. The van der Waals surface area contributed by atoms with Crippen LogP contribution in [-0.4, -0.2) is 22.1 Å². The molecule has 1 fully saturated rings. The van der Waals surface area contributed by atoms with E-state index in [-0.39, 0.29) is 18.4 Å². The predicted molar refractivity (Wildman–Crippen MR) is 73.6 cm³/mol. The van der Waals surface area contributed by atoms with Crippen LogP contribution in [0.5, 0.6) is 0 Å². The van der Waals surface area contributed by atoms with Crippen LogP contribution >= 0.6 is 0 Å². The van der Waals surface area contributed by atoms with Crippen LogP contribution in [-0.2, 0) is 11.8 Å². The minimum Gasteiger partial charge on any atom is -0.387 e. The highest BCUT2D eigenvalue weighted by Crippen LogP contribution is 2.29. The Kier molecular flexibility index (Phi) is 3.03. The zero-order chi connectivity index (χ0) is 13.4. The Morgan fingerprint density at radius 2 is 2.26 bits per heavy atom. The first-order chi connectivity index (χ1) is 9.15. The second-order valence-corrected chi connectivity index (χ2v) is 5.28. The number of benzene rings is 1. The molecule has 0 radical (unpaired) electrons. The largest absolute Gasteiger partial charge is 0.387 e. The van der Waals surface area contributed by atoms with Crippen molar-refractivity contribution in [2.75, 3.05) is 6.54 Å². The predicted octanol–water partition coefficient (Wildman–Crippen LogP) is 1.74. The second kappa shape index (κ2) is 4.70. The van der Waals surface area contributed by atoms with Crippen LogP contribution in [0.1, 0.15) is 24.5 Å². The van der Waals surface area contributed by atoms with Crippen LogP contribution in [0.4, 0.5) is 0 Å². The number of nitrogens with one attached hydrogen (secondary N) is 1. The van der Waals surface area contributed by atoms with E-state index in [9.17, 15) is 9.90 Å². The summed E-state index contributed by atoms with van der Waals surface area (Å²) in [6.45, 7) is 0.285. The van der Waals surface area contributed by atoms with E-state index in [4.69, 9.17) is 0 Å². The number of rotatable bonds is 4. The molecule has 2 aromatic rings. The number of hydrogen-bond acceptors (Lipinski definition) is 2. The van der Waals surface area contributed by atoms with Gasteiger partial charge in [0, 0.05) is 31.2 Å². The van der Waals surface area contributed by atoms with Gasteiger partial charge in [-0.05, 0) is 42.0 Å². The summed E-state index contributed by atoms with van der Waals surface area (Å²) >= 11 is 0. The van der Waals surface area contributed by atoms with Crippen LogP contribution in [0.3, 0.4) is 0 Å². The van der Waals surface area contributed by atoms with Crippen LogP contribution in [0.2, 0.25) is 0 Å². The lowest BCUT2D eigenvalue weighted by molar-refractivity contribution is -0.122. The highest BCUT2D eigenvalue weighted by Gasteiger charge is 2.29. The van der Waals surface area contributed by atoms with Gasteiger partial charge in [-0.15, -0.1) is 0 Å². The summed E-state index contributed by atoms with van der Waals surface area (Å²) in [5.41, 5.74) is 1.98. The Bertz CT molecular complexity index is 614. The fourth-order valence-corrected chi connectivity index (χ4v) is 2.31. The zero-order valence-electron chi connectivity index (χ0n) is 11.0. The zero-order valence-corrected chi connectivity index (χ0v) is 11.0. The second-order valence-electron chi connectivity index (χ2n) is 5.28. The van der Waals surface area contributed by atoms with Gasteiger partial charge in [0.05, 0.1) is 6.10 Å². The topological polar surface area (TPSA) is 54.3 Å². The molecule has 1 amide bonds. The van der Waals surface area contributed by atoms with Crippen LogP contribution < -0.4 is 5.32 Å². The van der Waals surface area contributed by atoms with Gasteiger partial charge < -0.3 is 15.0 Å². The normalized spacial score (nSPS) is 16.5. The van der Waals surface area contributed by atoms with Crippen molar-refractivity contribution in [3.05, 3.63) is 36.0 Å². The van der Waals surface area contributed by atoms with Gasteiger partial charge in [0.1, 0.15) is 0 Å². The quantitative estimate of drug-likeness (QED) is 0.877. The molecule has 2 N–H and O–H groups in total. The lowest BCUT2D eigenvalue weighted by Gasteiger charge is -2.12. The van der Waals surface area contributed by atoms with E-state index < -0.39 is 6.10 Å². The first-order valence-corrected chi connectivity index (χ1v) is 6.66. The number of aromatic nitrogens is 1. The van der Waals surface area contributed by atoms with Gasteiger partial charge >= 0.3 is 0 Å². The Morgan fingerprint density at radius 3 is 3.00 bits per heavy atom. The monoisotopic (exact) mass is 258 g/mol. The molecule has 4 heteroatoms. The number of amides is 1. The highest BCUT2D eigenvalue weighted by molar-refractivity contribution is 5.81. The van der Waals surface area contributed by atoms with Crippen molar-refractivity contribution in [2.24, 2.45) is 13.0 Å². The standard InChI is InChI=1S/C15H18N2O2/c1-17-7-6-11-8-12(4-5-13(11)17)14(18)9-16-15(19)10-2-3-10/h4-8,10,14,18H,2-3,9H2,1H3,(H,16,19). The molecule has 0 aliphatic heterocycles. The number of fused-ring (bicyclic) bond motifs is 1. The molecule has 1 aliphatic carbocycles. The summed E-state index contributed by atoms with van der Waals surface area (Å²) in [7, 11) is 1.99. The minimum absolute atomic E-state index is 0.0693. The maximum atomic E-state index is 11.5. The summed E-state index contributed by atoms with van der Waals surface area (Å²) in [6.07, 6.45) is 3.32. The highest BCUT2D eigenvalue weighted by atomic mass is 16.3. The summed E-state index contributed by atoms with van der Waals surface area (Å²) < 4.78 is 2.04. The maximum absolute atomic E-state index is 11.5. The van der Waals surface area contributed by atoms with Gasteiger partial charge in [-0.3, -0.25) is 4.79 Å². The smallest absolute Gasteiger partial charge is 0.223 e. The maximum Gasteiger partial charge on any atom is 0.223 e. The van der Waals surface area contributed by atoms with Gasteiger partial charge in [0.2, 0.25) is 5.91 Å². The number of aryl methyl sites for hydroxylation is 1. The molecule has 1 atom stereocenters. The lowest BCUT2D eigenvalue weighted by Crippen LogP contribution is -2.29. The average Bonchev–Trinajstić information content (AvgIpc) is 3.21. The average molecular weight is 258 g/mol. The van der Waals surface area contributed by atoms with Crippen molar-refractivity contribution >= 4 is 16.8 Å². The third-order valence-corrected chi connectivity index (χ3v) is 3.71. The number of carbonyl (C=O) groups is 1. The van der Waals surface area contributed by atoms with Crippen molar-refractivity contribution in [1.82, 2.24) is 9.88 Å². The number of nitrogens with zero attached hydrogens (tertiary/aromatic N) is 1. The fraction of sp³-hybridized carbons (Fsp3) is 0.400. The van der Waals surface area contributed by atoms with E-state index in [1.807, 2.05) is 42.1 Å². The Labute approximate surface area is 112 Å². The molecule has 1 aromatic carbocycles. The molecule has 3 rings (SSSR count). The SMILES string of the molecule is Cn1ccc2cc(C(O)CNC(=O)C3CC3)ccc21. The van der Waals surface area contributed by atoms with Crippen LogP contribution in [0.25, 0.3) is 10.9 Å². The lowest BCUT2D eigenvalue weighted by atomic mass is 10.1. The third-order valence-electron chi connectivity index (χ3n) is 3.71. The molecule has 19 heavy (non-hydrogen) atoms. The minimum atomic E-state index is -0.646. The number of carbonyl (C=O) groups excluding carboxylic acids is 1. The van der Waals surface area contributed by atoms with Crippen molar-refractivity contribution in [3.8, 4) is 0 Å². The van der Waals surface area contributed by atoms with Crippen molar-refractivity contribution < 1.29 is 9.90 Å². The van der Waals surface area contributed by atoms with Gasteiger partial charge in [0.25, 0.3) is 0 Å². The molecule has 0 saturated heterocycles. The molecule has 100 valence electrons. The summed E-state index contributed by atoms with van der Waals surface area (Å²) in [5, 5.41) is 14.0. The summed E-state index contributed by atoms with van der Waals surface area (Å²) in [6, 6.07) is 7.91.